The molecule has 0 bridgehead atoms. The van der Waals surface area contributed by atoms with Crippen molar-refractivity contribution in [3.63, 3.8) is 0 Å². The first-order chi connectivity index (χ1) is 11.1. The van der Waals surface area contributed by atoms with Gasteiger partial charge in [0.25, 0.3) is 0 Å². The summed E-state index contributed by atoms with van der Waals surface area (Å²) in [7, 11) is 4.01. The number of hydrogen-bond donors (Lipinski definition) is 0. The van der Waals surface area contributed by atoms with E-state index < -0.39 is 0 Å². The predicted molar refractivity (Wildman–Crippen MR) is 91.7 cm³/mol. The lowest BCUT2D eigenvalue weighted by Gasteiger charge is -2.34. The first kappa shape index (κ1) is 16.0. The predicted octanol–water partition coefficient (Wildman–Crippen LogP) is 1.77. The standard InChI is InChI=1S/C17H27N5O/c1-20(2)16-17(19-9-8-18-16)22-12-6-14(7-13-22)5-11-21-10-3-4-15(21)23/h8-9,14H,3-7,10-13H2,1-2H3. The minimum Gasteiger partial charge on any atom is -0.360 e. The third-order valence-electron chi connectivity index (χ3n) is 4.98. The minimum atomic E-state index is 0.345. The molecule has 6 heteroatoms. The van der Waals surface area contributed by atoms with Crippen LogP contribution in [0, 0.1) is 5.92 Å². The van der Waals surface area contributed by atoms with Crippen molar-refractivity contribution in [3.8, 4) is 0 Å². The molecule has 1 aromatic heterocycles. The maximum absolute atomic E-state index is 11.7. The second-order valence-corrected chi connectivity index (χ2v) is 6.80. The Morgan fingerprint density at radius 3 is 2.57 bits per heavy atom. The summed E-state index contributed by atoms with van der Waals surface area (Å²) in [5, 5.41) is 0. The average Bonchev–Trinajstić information content (AvgIpc) is 2.98. The zero-order valence-electron chi connectivity index (χ0n) is 14.2. The number of nitrogens with zero attached hydrogens (tertiary/aromatic N) is 5. The SMILES string of the molecule is CN(C)c1nccnc1N1CCC(CCN2CCCC2=O)CC1. The molecule has 2 saturated heterocycles. The van der Waals surface area contributed by atoms with Crippen molar-refractivity contribution in [2.75, 3.05) is 50.1 Å². The van der Waals surface area contributed by atoms with E-state index in [2.05, 4.69) is 14.9 Å². The van der Waals surface area contributed by atoms with Crippen LogP contribution in [0.5, 0.6) is 0 Å². The van der Waals surface area contributed by atoms with Gasteiger partial charge in [-0.2, -0.15) is 0 Å². The maximum atomic E-state index is 11.7. The Bertz CT molecular complexity index is 540. The number of likely N-dealkylation sites (tertiary alicyclic amines) is 1. The monoisotopic (exact) mass is 317 g/mol. The zero-order chi connectivity index (χ0) is 16.2. The van der Waals surface area contributed by atoms with E-state index in [9.17, 15) is 4.79 Å². The van der Waals surface area contributed by atoms with Gasteiger partial charge in [0.05, 0.1) is 0 Å². The van der Waals surface area contributed by atoms with Crippen LogP contribution in [0.2, 0.25) is 0 Å². The molecule has 0 unspecified atom stereocenters. The van der Waals surface area contributed by atoms with Crippen LogP contribution in [-0.4, -0.2) is 61.0 Å². The largest absolute Gasteiger partial charge is 0.360 e. The fourth-order valence-corrected chi connectivity index (χ4v) is 3.57. The van der Waals surface area contributed by atoms with Gasteiger partial charge in [0.1, 0.15) is 0 Å². The quantitative estimate of drug-likeness (QED) is 0.828. The summed E-state index contributed by atoms with van der Waals surface area (Å²) >= 11 is 0. The van der Waals surface area contributed by atoms with Crippen LogP contribution in [0.1, 0.15) is 32.1 Å². The Morgan fingerprint density at radius 2 is 1.91 bits per heavy atom. The van der Waals surface area contributed by atoms with E-state index in [1.165, 1.54) is 12.8 Å². The van der Waals surface area contributed by atoms with Crippen LogP contribution in [0.3, 0.4) is 0 Å². The number of rotatable bonds is 5. The van der Waals surface area contributed by atoms with Crippen LogP contribution in [0.25, 0.3) is 0 Å². The fourth-order valence-electron chi connectivity index (χ4n) is 3.57. The Balaban J connectivity index is 1.51. The van der Waals surface area contributed by atoms with Gasteiger partial charge in [-0.1, -0.05) is 0 Å². The van der Waals surface area contributed by atoms with E-state index in [0.29, 0.717) is 5.91 Å². The summed E-state index contributed by atoms with van der Waals surface area (Å²) in [6.45, 7) is 3.96. The molecule has 0 saturated carbocycles. The Hall–Kier alpha value is -1.85. The van der Waals surface area contributed by atoms with Crippen LogP contribution < -0.4 is 9.80 Å². The maximum Gasteiger partial charge on any atom is 0.222 e. The summed E-state index contributed by atoms with van der Waals surface area (Å²) in [5.41, 5.74) is 0. The van der Waals surface area contributed by atoms with E-state index in [4.69, 9.17) is 0 Å². The summed E-state index contributed by atoms with van der Waals surface area (Å²) < 4.78 is 0. The lowest BCUT2D eigenvalue weighted by molar-refractivity contribution is -0.127. The molecule has 3 heterocycles. The highest BCUT2D eigenvalue weighted by atomic mass is 16.2. The number of carbonyl (C=O) groups excluding carboxylic acids is 1. The molecule has 3 rings (SSSR count). The minimum absolute atomic E-state index is 0.345. The molecule has 6 nitrogen and oxygen atoms in total. The molecule has 2 aliphatic heterocycles. The highest BCUT2D eigenvalue weighted by Crippen LogP contribution is 2.29. The van der Waals surface area contributed by atoms with Gasteiger partial charge in [-0.05, 0) is 31.6 Å². The highest BCUT2D eigenvalue weighted by Gasteiger charge is 2.25. The van der Waals surface area contributed by atoms with Crippen molar-refractivity contribution >= 4 is 17.5 Å². The second kappa shape index (κ2) is 7.15. The Morgan fingerprint density at radius 1 is 1.17 bits per heavy atom. The highest BCUT2D eigenvalue weighted by molar-refractivity contribution is 5.78. The first-order valence-electron chi connectivity index (χ1n) is 8.66. The van der Waals surface area contributed by atoms with E-state index in [1.54, 1.807) is 12.4 Å². The van der Waals surface area contributed by atoms with Crippen molar-refractivity contribution in [3.05, 3.63) is 12.4 Å². The number of carbonyl (C=O) groups is 1. The van der Waals surface area contributed by atoms with Crippen LogP contribution in [0.15, 0.2) is 12.4 Å². The van der Waals surface area contributed by atoms with Gasteiger partial charge in [0.15, 0.2) is 11.6 Å². The number of amides is 1. The van der Waals surface area contributed by atoms with Crippen LogP contribution in [-0.2, 0) is 4.79 Å². The molecule has 0 spiro atoms. The summed E-state index contributed by atoms with van der Waals surface area (Å²) in [6, 6.07) is 0. The second-order valence-electron chi connectivity index (χ2n) is 6.80. The lowest BCUT2D eigenvalue weighted by atomic mass is 9.93. The van der Waals surface area contributed by atoms with Gasteiger partial charge in [-0.15, -0.1) is 0 Å². The van der Waals surface area contributed by atoms with Crippen LogP contribution in [0.4, 0.5) is 11.6 Å². The number of hydrogen-bond acceptors (Lipinski definition) is 5. The zero-order valence-corrected chi connectivity index (χ0v) is 14.2. The lowest BCUT2D eigenvalue weighted by Crippen LogP contribution is -2.36. The summed E-state index contributed by atoms with van der Waals surface area (Å²) in [6.07, 6.45) is 8.79. The average molecular weight is 317 g/mol. The van der Waals surface area contributed by atoms with E-state index >= 15 is 0 Å². The molecule has 0 N–H and O–H groups in total. The van der Waals surface area contributed by atoms with E-state index in [-0.39, 0.29) is 0 Å². The summed E-state index contributed by atoms with van der Waals surface area (Å²) in [4.78, 5) is 27.1. The topological polar surface area (TPSA) is 52.6 Å². The third-order valence-corrected chi connectivity index (χ3v) is 4.98. The molecule has 23 heavy (non-hydrogen) atoms. The van der Waals surface area contributed by atoms with Crippen molar-refractivity contribution in [2.24, 2.45) is 5.92 Å². The van der Waals surface area contributed by atoms with Gasteiger partial charge < -0.3 is 14.7 Å². The van der Waals surface area contributed by atoms with Gasteiger partial charge in [-0.25, -0.2) is 9.97 Å². The molecule has 126 valence electrons. The van der Waals surface area contributed by atoms with E-state index in [1.807, 2.05) is 23.9 Å². The molecule has 0 radical (unpaired) electrons. The Labute approximate surface area is 138 Å². The van der Waals surface area contributed by atoms with Crippen molar-refractivity contribution in [2.45, 2.75) is 32.1 Å². The van der Waals surface area contributed by atoms with Gasteiger partial charge in [-0.3, -0.25) is 4.79 Å². The molecular formula is C17H27N5O. The first-order valence-corrected chi connectivity index (χ1v) is 8.66. The van der Waals surface area contributed by atoms with Gasteiger partial charge >= 0.3 is 0 Å². The molecular weight excluding hydrogens is 290 g/mol. The van der Waals surface area contributed by atoms with Crippen molar-refractivity contribution < 1.29 is 4.79 Å². The van der Waals surface area contributed by atoms with Gasteiger partial charge in [0.2, 0.25) is 5.91 Å². The number of piperidine rings is 1. The third kappa shape index (κ3) is 3.74. The van der Waals surface area contributed by atoms with Crippen LogP contribution >= 0.6 is 0 Å². The molecule has 0 atom stereocenters. The smallest absolute Gasteiger partial charge is 0.222 e. The molecule has 2 fully saturated rings. The normalized spacial score (nSPS) is 19.5. The number of anilines is 2. The van der Waals surface area contributed by atoms with Crippen molar-refractivity contribution in [1.29, 1.82) is 0 Å². The summed E-state index contributed by atoms with van der Waals surface area (Å²) in [5.74, 6) is 3.00. The Kier molecular flexibility index (Phi) is 4.98. The molecule has 1 aromatic rings. The molecule has 0 aliphatic carbocycles. The molecule has 1 amide bonds. The number of aromatic nitrogens is 2. The van der Waals surface area contributed by atoms with E-state index in [0.717, 1.165) is 63.0 Å². The van der Waals surface area contributed by atoms with Crippen molar-refractivity contribution in [1.82, 2.24) is 14.9 Å². The fraction of sp³-hybridized carbons (Fsp3) is 0.706. The molecule has 2 aliphatic rings. The molecule has 0 aromatic carbocycles. The van der Waals surface area contributed by atoms with Gasteiger partial charge in [0, 0.05) is 59.1 Å².